The first-order chi connectivity index (χ1) is 8.43. The van der Waals surface area contributed by atoms with Crippen LogP contribution >= 0.6 is 0 Å². The molecule has 0 aliphatic carbocycles. The number of anilines is 2. The third-order valence-electron chi connectivity index (χ3n) is 2.75. The van der Waals surface area contributed by atoms with Crippen molar-refractivity contribution in [2.24, 2.45) is 0 Å². The highest BCUT2D eigenvalue weighted by Crippen LogP contribution is 2.25. The van der Waals surface area contributed by atoms with E-state index in [1.54, 1.807) is 12.4 Å². The first-order valence-corrected chi connectivity index (χ1v) is 5.58. The van der Waals surface area contributed by atoms with Crippen LogP contribution in [0.1, 0.15) is 0 Å². The van der Waals surface area contributed by atoms with Gasteiger partial charge in [-0.3, -0.25) is 4.98 Å². The van der Waals surface area contributed by atoms with Gasteiger partial charge in [-0.25, -0.2) is 0 Å². The van der Waals surface area contributed by atoms with Crippen molar-refractivity contribution in [1.29, 1.82) is 0 Å². The van der Waals surface area contributed by atoms with Crippen LogP contribution in [0.3, 0.4) is 0 Å². The summed E-state index contributed by atoms with van der Waals surface area (Å²) in [5.74, 6) is 0. The zero-order chi connectivity index (χ0) is 11.5. The fraction of sp³-hybridized carbons (Fsp3) is 0. The Balaban J connectivity index is 2.06. The lowest BCUT2D eigenvalue weighted by Crippen LogP contribution is -1.91. The summed E-state index contributed by atoms with van der Waals surface area (Å²) in [6.07, 6.45) is 3.57. The Labute approximate surface area is 99.9 Å². The maximum Gasteiger partial charge on any atom is 0.0463 e. The Morgan fingerprint density at radius 2 is 1.53 bits per heavy atom. The van der Waals surface area contributed by atoms with Crippen LogP contribution in [0.2, 0.25) is 0 Å². The summed E-state index contributed by atoms with van der Waals surface area (Å²) in [6, 6.07) is 18.5. The Kier molecular flexibility index (Phi) is 2.47. The predicted molar refractivity (Wildman–Crippen MR) is 71.5 cm³/mol. The minimum atomic E-state index is 1.05. The van der Waals surface area contributed by atoms with E-state index in [9.17, 15) is 0 Å². The van der Waals surface area contributed by atoms with Gasteiger partial charge in [-0.05, 0) is 23.6 Å². The second-order valence-corrected chi connectivity index (χ2v) is 3.89. The van der Waals surface area contributed by atoms with Crippen molar-refractivity contribution in [2.45, 2.75) is 0 Å². The molecule has 0 bridgehead atoms. The van der Waals surface area contributed by atoms with Crippen molar-refractivity contribution < 1.29 is 0 Å². The summed E-state index contributed by atoms with van der Waals surface area (Å²) in [6.45, 7) is 0. The fourth-order valence-electron chi connectivity index (χ4n) is 1.93. The molecule has 3 aromatic rings. The molecule has 0 aliphatic heterocycles. The largest absolute Gasteiger partial charge is 0.355 e. The first kappa shape index (κ1) is 9.85. The second kappa shape index (κ2) is 4.26. The lowest BCUT2D eigenvalue weighted by atomic mass is 10.1. The molecule has 0 atom stereocenters. The van der Waals surface area contributed by atoms with Crippen molar-refractivity contribution in [2.75, 3.05) is 5.32 Å². The number of hydrogen-bond donors (Lipinski definition) is 1. The highest BCUT2D eigenvalue weighted by atomic mass is 14.9. The Morgan fingerprint density at radius 1 is 0.765 bits per heavy atom. The van der Waals surface area contributed by atoms with Crippen molar-refractivity contribution in [3.63, 3.8) is 0 Å². The van der Waals surface area contributed by atoms with Gasteiger partial charge in [0.25, 0.3) is 0 Å². The predicted octanol–water partition coefficient (Wildman–Crippen LogP) is 3.98. The van der Waals surface area contributed by atoms with Gasteiger partial charge in [0.2, 0.25) is 0 Å². The van der Waals surface area contributed by atoms with E-state index in [4.69, 9.17) is 0 Å². The van der Waals surface area contributed by atoms with Gasteiger partial charge in [0, 0.05) is 29.2 Å². The Morgan fingerprint density at radius 3 is 2.41 bits per heavy atom. The van der Waals surface area contributed by atoms with Crippen molar-refractivity contribution in [1.82, 2.24) is 4.98 Å². The van der Waals surface area contributed by atoms with Gasteiger partial charge in [-0.1, -0.05) is 36.4 Å². The molecule has 0 unspecified atom stereocenters. The van der Waals surface area contributed by atoms with E-state index in [0.717, 1.165) is 11.4 Å². The molecule has 17 heavy (non-hydrogen) atoms. The molecule has 1 aromatic heterocycles. The summed E-state index contributed by atoms with van der Waals surface area (Å²) < 4.78 is 0. The third kappa shape index (κ3) is 1.97. The van der Waals surface area contributed by atoms with Gasteiger partial charge in [-0.15, -0.1) is 0 Å². The molecule has 0 radical (unpaired) electrons. The summed E-state index contributed by atoms with van der Waals surface area (Å²) in [4.78, 5) is 4.01. The molecule has 0 aliphatic rings. The molecule has 0 spiro atoms. The zero-order valence-corrected chi connectivity index (χ0v) is 9.30. The smallest absolute Gasteiger partial charge is 0.0463 e. The number of pyridine rings is 1. The van der Waals surface area contributed by atoms with Gasteiger partial charge in [0.05, 0.1) is 0 Å². The van der Waals surface area contributed by atoms with Crippen LogP contribution in [0.5, 0.6) is 0 Å². The van der Waals surface area contributed by atoms with E-state index >= 15 is 0 Å². The van der Waals surface area contributed by atoms with E-state index in [-0.39, 0.29) is 0 Å². The molecule has 3 rings (SSSR count). The summed E-state index contributed by atoms with van der Waals surface area (Å²) >= 11 is 0. The third-order valence-corrected chi connectivity index (χ3v) is 2.75. The number of nitrogens with zero attached hydrogens (tertiary/aromatic N) is 1. The van der Waals surface area contributed by atoms with Crippen LogP contribution in [-0.2, 0) is 0 Å². The first-order valence-electron chi connectivity index (χ1n) is 5.58. The molecule has 0 saturated heterocycles. The van der Waals surface area contributed by atoms with Crippen LogP contribution in [0.4, 0.5) is 11.4 Å². The number of rotatable bonds is 2. The monoisotopic (exact) mass is 220 g/mol. The molecule has 2 heteroatoms. The van der Waals surface area contributed by atoms with Crippen molar-refractivity contribution >= 4 is 22.1 Å². The van der Waals surface area contributed by atoms with Crippen LogP contribution in [0, 0.1) is 0 Å². The minimum Gasteiger partial charge on any atom is -0.355 e. The van der Waals surface area contributed by atoms with Gasteiger partial charge < -0.3 is 5.32 Å². The van der Waals surface area contributed by atoms with Crippen LogP contribution in [0.15, 0.2) is 67.0 Å². The van der Waals surface area contributed by atoms with Crippen LogP contribution in [-0.4, -0.2) is 4.98 Å². The number of aromatic nitrogens is 1. The summed E-state index contributed by atoms with van der Waals surface area (Å²) in [5.41, 5.74) is 2.17. The number of benzene rings is 2. The second-order valence-electron chi connectivity index (χ2n) is 3.89. The quantitative estimate of drug-likeness (QED) is 0.706. The zero-order valence-electron chi connectivity index (χ0n) is 9.30. The molecule has 2 nitrogen and oxygen atoms in total. The van der Waals surface area contributed by atoms with E-state index in [2.05, 4.69) is 52.8 Å². The van der Waals surface area contributed by atoms with Gasteiger partial charge in [0.1, 0.15) is 0 Å². The lowest BCUT2D eigenvalue weighted by molar-refractivity contribution is 1.33. The Bertz CT molecular complexity index is 627. The summed E-state index contributed by atoms with van der Waals surface area (Å²) in [7, 11) is 0. The number of nitrogens with one attached hydrogen (secondary N) is 1. The molecule has 0 fully saturated rings. The maximum atomic E-state index is 4.01. The fourth-order valence-corrected chi connectivity index (χ4v) is 1.93. The van der Waals surface area contributed by atoms with Gasteiger partial charge in [-0.2, -0.15) is 0 Å². The maximum absolute atomic E-state index is 4.01. The molecular formula is C15H12N2. The summed E-state index contributed by atoms with van der Waals surface area (Å²) in [5, 5.41) is 5.88. The molecule has 0 amide bonds. The number of hydrogen-bond acceptors (Lipinski definition) is 2. The van der Waals surface area contributed by atoms with E-state index in [1.807, 2.05) is 12.1 Å². The topological polar surface area (TPSA) is 24.9 Å². The van der Waals surface area contributed by atoms with Crippen LogP contribution in [0.25, 0.3) is 10.8 Å². The Hall–Kier alpha value is -2.35. The average Bonchev–Trinajstić information content (AvgIpc) is 2.40. The molecule has 1 N–H and O–H groups in total. The average molecular weight is 220 g/mol. The van der Waals surface area contributed by atoms with E-state index in [0.29, 0.717) is 0 Å². The van der Waals surface area contributed by atoms with Crippen LogP contribution < -0.4 is 5.32 Å². The van der Waals surface area contributed by atoms with Crippen molar-refractivity contribution in [3.8, 4) is 0 Å². The standard InChI is InChI=1S/C15H12N2/c1-2-6-14-12(4-1)5-3-7-15(14)17-13-8-10-16-11-9-13/h1-11H,(H,16,17). The van der Waals surface area contributed by atoms with Gasteiger partial charge in [0.15, 0.2) is 0 Å². The SMILES string of the molecule is c1ccc2c(Nc3ccncc3)cccc2c1. The molecule has 1 heterocycles. The minimum absolute atomic E-state index is 1.05. The van der Waals surface area contributed by atoms with E-state index < -0.39 is 0 Å². The highest BCUT2D eigenvalue weighted by molar-refractivity contribution is 5.95. The molecule has 0 saturated carbocycles. The normalized spacial score (nSPS) is 10.4. The van der Waals surface area contributed by atoms with Gasteiger partial charge >= 0.3 is 0 Å². The lowest BCUT2D eigenvalue weighted by Gasteiger charge is -2.09. The van der Waals surface area contributed by atoms with Crippen molar-refractivity contribution in [3.05, 3.63) is 67.0 Å². The molecule has 2 aromatic carbocycles. The van der Waals surface area contributed by atoms with E-state index in [1.165, 1.54) is 10.8 Å². The highest BCUT2D eigenvalue weighted by Gasteiger charge is 1.99. The number of fused-ring (bicyclic) bond motifs is 1. The molecular weight excluding hydrogens is 208 g/mol. The molecule has 82 valence electrons.